The summed E-state index contributed by atoms with van der Waals surface area (Å²) in [6, 6.07) is 9.76. The second-order valence-electron chi connectivity index (χ2n) is 2.48. The van der Waals surface area contributed by atoms with Crippen LogP contribution in [0.1, 0.15) is 12.5 Å². The van der Waals surface area contributed by atoms with Crippen LogP contribution in [0, 0.1) is 11.8 Å². The third-order valence-electron chi connectivity index (χ3n) is 1.39. The summed E-state index contributed by atoms with van der Waals surface area (Å²) in [4.78, 5) is 4.58. The summed E-state index contributed by atoms with van der Waals surface area (Å²) in [5.74, 6) is 5.84. The average Bonchev–Trinajstić information content (AvgIpc) is 2.17. The van der Waals surface area contributed by atoms with Crippen molar-refractivity contribution >= 4 is 5.71 Å². The van der Waals surface area contributed by atoms with Crippen LogP contribution in [0.3, 0.4) is 0 Å². The maximum absolute atomic E-state index is 4.58. The first-order valence-electron chi connectivity index (χ1n) is 3.98. The maximum atomic E-state index is 4.58. The van der Waals surface area contributed by atoms with E-state index >= 15 is 0 Å². The Labute approximate surface area is 78.2 Å². The van der Waals surface area contributed by atoms with Crippen molar-refractivity contribution in [2.24, 2.45) is 5.16 Å². The Morgan fingerprint density at radius 1 is 1.31 bits per heavy atom. The predicted molar refractivity (Wildman–Crippen MR) is 53.4 cm³/mol. The van der Waals surface area contributed by atoms with Crippen LogP contribution in [0.2, 0.25) is 0 Å². The molecule has 0 radical (unpaired) electrons. The van der Waals surface area contributed by atoms with Crippen LogP contribution in [0.5, 0.6) is 0 Å². The van der Waals surface area contributed by atoms with Crippen LogP contribution >= 0.6 is 0 Å². The maximum Gasteiger partial charge on any atom is 0.126 e. The third-order valence-corrected chi connectivity index (χ3v) is 1.39. The van der Waals surface area contributed by atoms with Gasteiger partial charge in [-0.3, -0.25) is 0 Å². The molecule has 0 fully saturated rings. The lowest BCUT2D eigenvalue weighted by atomic mass is 10.2. The first-order valence-corrected chi connectivity index (χ1v) is 3.98. The number of hydrogen-bond donors (Lipinski definition) is 0. The van der Waals surface area contributed by atoms with E-state index in [4.69, 9.17) is 0 Å². The van der Waals surface area contributed by atoms with E-state index in [0.717, 1.165) is 5.56 Å². The Morgan fingerprint density at radius 2 is 2.00 bits per heavy atom. The van der Waals surface area contributed by atoms with E-state index in [2.05, 4.69) is 21.8 Å². The summed E-state index contributed by atoms with van der Waals surface area (Å²) in [5.41, 5.74) is 1.65. The highest BCUT2D eigenvalue weighted by Crippen LogP contribution is 1.94. The van der Waals surface area contributed by atoms with Crippen molar-refractivity contribution in [3.8, 4) is 11.8 Å². The van der Waals surface area contributed by atoms with E-state index in [1.807, 2.05) is 30.3 Å². The lowest BCUT2D eigenvalue weighted by molar-refractivity contribution is 0.214. The Bertz CT molecular complexity index is 343. The predicted octanol–water partition coefficient (Wildman–Crippen LogP) is 2.06. The SMILES string of the molecule is CO/N=C(/C)C#Cc1ccccc1. The van der Waals surface area contributed by atoms with Gasteiger partial charge in [-0.2, -0.15) is 0 Å². The van der Waals surface area contributed by atoms with Crippen LogP contribution in [-0.2, 0) is 4.84 Å². The molecule has 0 N–H and O–H groups in total. The lowest BCUT2D eigenvalue weighted by Gasteiger charge is -1.87. The fourth-order valence-electron chi connectivity index (χ4n) is 0.844. The minimum atomic E-state index is 0.673. The van der Waals surface area contributed by atoms with Crippen LogP contribution in [0.25, 0.3) is 0 Å². The molecule has 0 aliphatic rings. The quantitative estimate of drug-likeness (QED) is 0.362. The number of rotatable bonds is 1. The Morgan fingerprint density at radius 3 is 2.62 bits per heavy atom. The normalized spacial score (nSPS) is 10.2. The monoisotopic (exact) mass is 173 g/mol. The Balaban J connectivity index is 2.73. The third kappa shape index (κ3) is 3.44. The second-order valence-corrected chi connectivity index (χ2v) is 2.48. The van der Waals surface area contributed by atoms with Crippen LogP contribution in [0.15, 0.2) is 35.5 Å². The zero-order valence-electron chi connectivity index (χ0n) is 7.74. The molecule has 0 saturated heterocycles. The molecule has 0 unspecified atom stereocenters. The Hall–Kier alpha value is -1.75. The van der Waals surface area contributed by atoms with Crippen LogP contribution in [-0.4, -0.2) is 12.8 Å². The zero-order chi connectivity index (χ0) is 9.52. The number of oxime groups is 1. The summed E-state index contributed by atoms with van der Waals surface area (Å²) in [6.45, 7) is 1.80. The number of hydrogen-bond acceptors (Lipinski definition) is 2. The molecule has 1 rings (SSSR count). The van der Waals surface area contributed by atoms with Crippen LogP contribution in [0.4, 0.5) is 0 Å². The van der Waals surface area contributed by atoms with Crippen molar-refractivity contribution in [2.75, 3.05) is 7.11 Å². The molecule has 2 nitrogen and oxygen atoms in total. The van der Waals surface area contributed by atoms with Gasteiger partial charge in [0, 0.05) is 5.56 Å². The summed E-state index contributed by atoms with van der Waals surface area (Å²) in [7, 11) is 1.51. The molecule has 0 heterocycles. The van der Waals surface area contributed by atoms with Gasteiger partial charge >= 0.3 is 0 Å². The van der Waals surface area contributed by atoms with Crippen molar-refractivity contribution < 1.29 is 4.84 Å². The van der Waals surface area contributed by atoms with Gasteiger partial charge in [0.1, 0.15) is 12.8 Å². The van der Waals surface area contributed by atoms with Gasteiger partial charge in [0.15, 0.2) is 0 Å². The Kier molecular flexibility index (Phi) is 3.59. The van der Waals surface area contributed by atoms with Gasteiger partial charge < -0.3 is 4.84 Å². The minimum Gasteiger partial charge on any atom is -0.398 e. The molecule has 0 bridgehead atoms. The van der Waals surface area contributed by atoms with E-state index in [0.29, 0.717) is 5.71 Å². The van der Waals surface area contributed by atoms with Crippen molar-refractivity contribution in [3.63, 3.8) is 0 Å². The molecule has 0 aromatic heterocycles. The van der Waals surface area contributed by atoms with Crippen molar-refractivity contribution in [3.05, 3.63) is 35.9 Å². The van der Waals surface area contributed by atoms with Gasteiger partial charge in [-0.15, -0.1) is 0 Å². The fraction of sp³-hybridized carbons (Fsp3) is 0.182. The highest BCUT2D eigenvalue weighted by Gasteiger charge is 1.83. The van der Waals surface area contributed by atoms with E-state index in [9.17, 15) is 0 Å². The summed E-state index contributed by atoms with van der Waals surface area (Å²) >= 11 is 0. The standard InChI is InChI=1S/C11H11NO/c1-10(12-13-2)8-9-11-6-4-3-5-7-11/h3-7H,1-2H3/b12-10-. The van der Waals surface area contributed by atoms with Gasteiger partial charge in [-0.25, -0.2) is 0 Å². The molecule has 0 aliphatic heterocycles. The molecule has 0 amide bonds. The van der Waals surface area contributed by atoms with E-state index in [-0.39, 0.29) is 0 Å². The molecular formula is C11H11NO. The van der Waals surface area contributed by atoms with Gasteiger partial charge in [0.2, 0.25) is 0 Å². The molecule has 66 valence electrons. The number of nitrogens with zero attached hydrogens (tertiary/aromatic N) is 1. The molecule has 2 heteroatoms. The summed E-state index contributed by atoms with van der Waals surface area (Å²) < 4.78 is 0. The molecule has 13 heavy (non-hydrogen) atoms. The highest BCUT2D eigenvalue weighted by molar-refractivity contribution is 5.98. The van der Waals surface area contributed by atoms with Crippen molar-refractivity contribution in [2.45, 2.75) is 6.92 Å². The average molecular weight is 173 g/mol. The second kappa shape index (κ2) is 5.00. The van der Waals surface area contributed by atoms with E-state index in [1.165, 1.54) is 7.11 Å². The van der Waals surface area contributed by atoms with Gasteiger partial charge in [-0.05, 0) is 25.0 Å². The largest absolute Gasteiger partial charge is 0.398 e. The van der Waals surface area contributed by atoms with E-state index in [1.54, 1.807) is 6.92 Å². The molecule has 0 atom stereocenters. The molecule has 1 aromatic carbocycles. The van der Waals surface area contributed by atoms with Gasteiger partial charge in [-0.1, -0.05) is 29.3 Å². The summed E-state index contributed by atoms with van der Waals surface area (Å²) in [6.07, 6.45) is 0. The topological polar surface area (TPSA) is 21.6 Å². The van der Waals surface area contributed by atoms with Gasteiger partial charge in [0.25, 0.3) is 0 Å². The fourth-order valence-corrected chi connectivity index (χ4v) is 0.844. The van der Waals surface area contributed by atoms with Gasteiger partial charge in [0.05, 0.1) is 0 Å². The van der Waals surface area contributed by atoms with Crippen molar-refractivity contribution in [1.82, 2.24) is 0 Å². The first kappa shape index (κ1) is 9.34. The molecular weight excluding hydrogens is 162 g/mol. The smallest absolute Gasteiger partial charge is 0.126 e. The first-order chi connectivity index (χ1) is 6.33. The molecule has 1 aromatic rings. The van der Waals surface area contributed by atoms with Crippen LogP contribution < -0.4 is 0 Å². The highest BCUT2D eigenvalue weighted by atomic mass is 16.6. The van der Waals surface area contributed by atoms with E-state index < -0.39 is 0 Å². The molecule has 0 spiro atoms. The van der Waals surface area contributed by atoms with Crippen molar-refractivity contribution in [1.29, 1.82) is 0 Å². The zero-order valence-corrected chi connectivity index (χ0v) is 7.74. The molecule has 0 saturated carbocycles. The number of benzene rings is 1. The lowest BCUT2D eigenvalue weighted by Crippen LogP contribution is -1.86. The molecule has 0 aliphatic carbocycles. The summed E-state index contributed by atoms with van der Waals surface area (Å²) in [5, 5.41) is 3.68. The minimum absolute atomic E-state index is 0.673.